The molecule has 0 aliphatic heterocycles. The van der Waals surface area contributed by atoms with E-state index in [2.05, 4.69) is 10.1 Å². The Morgan fingerprint density at radius 3 is 2.39 bits per heavy atom. The van der Waals surface area contributed by atoms with Crippen LogP contribution in [0.2, 0.25) is 10.0 Å². The van der Waals surface area contributed by atoms with Crippen LogP contribution in [0.1, 0.15) is 46.2 Å². The number of hydrogen-bond acceptors (Lipinski definition) is 5. The Morgan fingerprint density at radius 1 is 1.11 bits per heavy atom. The van der Waals surface area contributed by atoms with E-state index in [0.717, 1.165) is 0 Å². The van der Waals surface area contributed by atoms with Crippen LogP contribution in [0.3, 0.4) is 0 Å². The number of carboxylic acid groups (broad SMARTS) is 1. The first-order valence-electron chi connectivity index (χ1n) is 8.18. The topological polar surface area (TPSA) is 111 Å². The zero-order chi connectivity index (χ0) is 20.6. The minimum Gasteiger partial charge on any atom is -0.475 e. The predicted molar refractivity (Wildman–Crippen MR) is 105 cm³/mol. The highest BCUT2D eigenvalue weighted by Gasteiger charge is 2.29. The van der Waals surface area contributed by atoms with Gasteiger partial charge in [0.2, 0.25) is 0 Å². The van der Waals surface area contributed by atoms with E-state index < -0.39 is 23.1 Å². The number of ketones is 1. The number of aromatic carboxylic acids is 1. The van der Waals surface area contributed by atoms with Gasteiger partial charge in [-0.1, -0.05) is 35.3 Å². The Bertz CT molecular complexity index is 1090. The van der Waals surface area contributed by atoms with E-state index in [-0.39, 0.29) is 22.0 Å². The summed E-state index contributed by atoms with van der Waals surface area (Å²) in [6, 6.07) is 11.2. The molecule has 0 fully saturated rings. The monoisotopic (exact) mass is 418 g/mol. The second-order valence-corrected chi connectivity index (χ2v) is 7.51. The van der Waals surface area contributed by atoms with E-state index in [9.17, 15) is 14.7 Å². The van der Waals surface area contributed by atoms with E-state index in [1.807, 2.05) is 0 Å². The molecule has 9 heteroatoms. The maximum absolute atomic E-state index is 13.2. The molecule has 0 spiro atoms. The molecule has 28 heavy (non-hydrogen) atoms. The van der Waals surface area contributed by atoms with Crippen molar-refractivity contribution in [3.63, 3.8) is 0 Å². The summed E-state index contributed by atoms with van der Waals surface area (Å²) in [6.45, 7) is 3.31. The van der Waals surface area contributed by atoms with E-state index in [0.29, 0.717) is 10.7 Å². The number of carboxylic acids is 1. The number of carbonyl (C=O) groups is 2. The number of halogens is 2. The maximum atomic E-state index is 13.2. The highest BCUT2D eigenvalue weighted by molar-refractivity contribution is 6.35. The molecular formula is C19H16Cl2N4O3. The molecule has 0 radical (unpaired) electrons. The van der Waals surface area contributed by atoms with Crippen molar-refractivity contribution in [2.24, 2.45) is 5.73 Å². The van der Waals surface area contributed by atoms with Crippen molar-refractivity contribution in [1.82, 2.24) is 14.8 Å². The average molecular weight is 419 g/mol. The van der Waals surface area contributed by atoms with Gasteiger partial charge in [0.15, 0.2) is 11.6 Å². The molecular weight excluding hydrogens is 403 g/mol. The first kappa shape index (κ1) is 20.0. The number of rotatable bonds is 5. The number of hydrogen-bond donors (Lipinski definition) is 2. The van der Waals surface area contributed by atoms with Crippen molar-refractivity contribution in [2.45, 2.75) is 19.4 Å². The maximum Gasteiger partial charge on any atom is 0.375 e. The van der Waals surface area contributed by atoms with Crippen LogP contribution < -0.4 is 5.73 Å². The first-order chi connectivity index (χ1) is 13.1. The van der Waals surface area contributed by atoms with Crippen molar-refractivity contribution in [3.05, 3.63) is 75.3 Å². The summed E-state index contributed by atoms with van der Waals surface area (Å²) in [5, 5.41) is 13.9. The summed E-state index contributed by atoms with van der Waals surface area (Å²) in [5.74, 6) is -1.95. The lowest BCUT2D eigenvalue weighted by molar-refractivity contribution is 0.0683. The van der Waals surface area contributed by atoms with Gasteiger partial charge in [-0.05, 0) is 44.2 Å². The predicted octanol–water partition coefficient (Wildman–Crippen LogP) is 3.70. The van der Waals surface area contributed by atoms with Gasteiger partial charge >= 0.3 is 5.97 Å². The molecule has 3 rings (SSSR count). The number of benzene rings is 2. The van der Waals surface area contributed by atoms with Gasteiger partial charge in [0.1, 0.15) is 0 Å². The lowest BCUT2D eigenvalue weighted by Crippen LogP contribution is -2.33. The average Bonchev–Trinajstić information content (AvgIpc) is 3.07. The third-order valence-electron chi connectivity index (χ3n) is 3.92. The summed E-state index contributed by atoms with van der Waals surface area (Å²) in [5.41, 5.74) is 5.89. The molecule has 0 atom stereocenters. The summed E-state index contributed by atoms with van der Waals surface area (Å²) in [7, 11) is 0. The molecule has 144 valence electrons. The van der Waals surface area contributed by atoms with Gasteiger partial charge in [-0.2, -0.15) is 0 Å². The third kappa shape index (κ3) is 3.77. The van der Waals surface area contributed by atoms with Gasteiger partial charge in [0.25, 0.3) is 5.82 Å². The normalized spacial score (nSPS) is 11.5. The van der Waals surface area contributed by atoms with Crippen LogP contribution in [0.25, 0.3) is 5.69 Å². The Labute approximate surface area is 170 Å². The number of aromatic nitrogens is 3. The van der Waals surface area contributed by atoms with Gasteiger partial charge in [-0.3, -0.25) is 4.79 Å². The molecule has 0 aliphatic rings. The van der Waals surface area contributed by atoms with Crippen LogP contribution in [-0.2, 0) is 5.54 Å². The summed E-state index contributed by atoms with van der Waals surface area (Å²) >= 11 is 12.3. The molecule has 0 unspecified atom stereocenters. The minimum atomic E-state index is -1.31. The second kappa shape index (κ2) is 7.35. The lowest BCUT2D eigenvalue weighted by atomic mass is 10.0. The van der Waals surface area contributed by atoms with Crippen LogP contribution in [0.5, 0.6) is 0 Å². The zero-order valence-electron chi connectivity index (χ0n) is 15.0. The quantitative estimate of drug-likeness (QED) is 0.610. The van der Waals surface area contributed by atoms with Crippen LogP contribution >= 0.6 is 23.2 Å². The van der Waals surface area contributed by atoms with Crippen LogP contribution in [0.15, 0.2) is 42.5 Å². The van der Waals surface area contributed by atoms with E-state index in [1.165, 1.54) is 10.7 Å². The summed E-state index contributed by atoms with van der Waals surface area (Å²) in [6.07, 6.45) is 0. The van der Waals surface area contributed by atoms with Crippen LogP contribution in [0.4, 0.5) is 0 Å². The van der Waals surface area contributed by atoms with Gasteiger partial charge in [0.05, 0.1) is 16.2 Å². The van der Waals surface area contributed by atoms with E-state index in [4.69, 9.17) is 28.9 Å². The standard InChI is InChI=1S/C19H16Cl2N4O3/c1-19(2,22)18-23-16(17(27)28)24-25(18)14-8-7-10(20)9-12(14)15(26)11-5-3-4-6-13(11)21/h3-9H,22H2,1-2H3,(H,27,28). The number of carbonyl (C=O) groups excluding carboxylic acids is 1. The van der Waals surface area contributed by atoms with Gasteiger partial charge in [-0.25, -0.2) is 14.5 Å². The molecule has 3 N–H and O–H groups in total. The number of nitrogens with two attached hydrogens (primary N) is 1. The van der Waals surface area contributed by atoms with Crippen LogP contribution in [0, 0.1) is 0 Å². The Kier molecular flexibility index (Phi) is 5.25. The third-order valence-corrected chi connectivity index (χ3v) is 4.49. The fraction of sp³-hybridized carbons (Fsp3) is 0.158. The zero-order valence-corrected chi connectivity index (χ0v) is 16.5. The second-order valence-electron chi connectivity index (χ2n) is 6.67. The fourth-order valence-electron chi connectivity index (χ4n) is 2.65. The minimum absolute atomic E-state index is 0.181. The molecule has 1 heterocycles. The van der Waals surface area contributed by atoms with Gasteiger partial charge < -0.3 is 10.8 Å². The van der Waals surface area contributed by atoms with Gasteiger partial charge in [0, 0.05) is 16.1 Å². The summed E-state index contributed by atoms with van der Waals surface area (Å²) in [4.78, 5) is 28.6. The van der Waals surface area contributed by atoms with Crippen molar-refractivity contribution in [3.8, 4) is 5.69 Å². The molecule has 2 aromatic carbocycles. The van der Waals surface area contributed by atoms with Crippen molar-refractivity contribution < 1.29 is 14.7 Å². The van der Waals surface area contributed by atoms with Crippen molar-refractivity contribution in [2.75, 3.05) is 0 Å². The van der Waals surface area contributed by atoms with Crippen molar-refractivity contribution >= 4 is 35.0 Å². The van der Waals surface area contributed by atoms with Crippen LogP contribution in [-0.4, -0.2) is 31.6 Å². The molecule has 0 aliphatic carbocycles. The SMILES string of the molecule is CC(C)(N)c1nc(C(=O)O)nn1-c1ccc(Cl)cc1C(=O)c1ccccc1Cl. The fourth-order valence-corrected chi connectivity index (χ4v) is 3.05. The Balaban J connectivity index is 2.27. The Morgan fingerprint density at radius 2 is 1.79 bits per heavy atom. The lowest BCUT2D eigenvalue weighted by Gasteiger charge is -2.20. The van der Waals surface area contributed by atoms with E-state index in [1.54, 1.807) is 50.2 Å². The molecule has 0 saturated heterocycles. The van der Waals surface area contributed by atoms with E-state index >= 15 is 0 Å². The first-order valence-corrected chi connectivity index (χ1v) is 8.94. The van der Waals surface area contributed by atoms with Crippen molar-refractivity contribution in [1.29, 1.82) is 0 Å². The molecule has 7 nitrogen and oxygen atoms in total. The molecule has 0 amide bonds. The molecule has 0 saturated carbocycles. The summed E-state index contributed by atoms with van der Waals surface area (Å²) < 4.78 is 1.25. The Hall–Kier alpha value is -2.74. The molecule has 0 bridgehead atoms. The molecule has 1 aromatic heterocycles. The number of nitrogens with zero attached hydrogens (tertiary/aromatic N) is 3. The van der Waals surface area contributed by atoms with Gasteiger partial charge in [-0.15, -0.1) is 5.10 Å². The highest BCUT2D eigenvalue weighted by atomic mass is 35.5. The largest absolute Gasteiger partial charge is 0.475 e. The molecule has 3 aromatic rings. The highest BCUT2D eigenvalue weighted by Crippen LogP contribution is 2.28. The smallest absolute Gasteiger partial charge is 0.375 e.